The summed E-state index contributed by atoms with van der Waals surface area (Å²) in [6.07, 6.45) is 0. The smallest absolute Gasteiger partial charge is 0.244 e. The summed E-state index contributed by atoms with van der Waals surface area (Å²) in [5.74, 6) is 0.123. The molecule has 0 fully saturated rings. The highest BCUT2D eigenvalue weighted by Gasteiger charge is 2.02. The molecule has 0 radical (unpaired) electrons. The van der Waals surface area contributed by atoms with Crippen LogP contribution >= 0.6 is 0 Å². The Hall–Kier alpha value is -0.770. The highest BCUT2D eigenvalue weighted by Crippen LogP contribution is 1.87. The first kappa shape index (κ1) is 7.23. The van der Waals surface area contributed by atoms with Gasteiger partial charge in [-0.3, -0.25) is 0 Å². The van der Waals surface area contributed by atoms with E-state index in [1.54, 1.807) is 0 Å². The van der Waals surface area contributed by atoms with Crippen LogP contribution in [-0.4, -0.2) is 31.7 Å². The Bertz CT molecular complexity index is 95.1. The molecule has 0 bridgehead atoms. The molecule has 0 aromatic heterocycles. The van der Waals surface area contributed by atoms with Crippen molar-refractivity contribution >= 4 is 5.96 Å². The van der Waals surface area contributed by atoms with Gasteiger partial charge < -0.3 is 11.5 Å². The molecule has 0 aromatic carbocycles. The van der Waals surface area contributed by atoms with Crippen molar-refractivity contribution in [2.24, 2.45) is 16.6 Å². The van der Waals surface area contributed by atoms with E-state index in [4.69, 9.17) is 11.5 Å². The van der Waals surface area contributed by atoms with Crippen molar-refractivity contribution in [3.05, 3.63) is 0 Å². The number of quaternary nitrogens is 1. The Balaban J connectivity index is 3.89. The second kappa shape index (κ2) is 2.00. The van der Waals surface area contributed by atoms with E-state index in [1.807, 2.05) is 21.1 Å². The molecular formula is C4H13N4+. The molecule has 0 aliphatic carbocycles. The van der Waals surface area contributed by atoms with Gasteiger partial charge in [-0.25, -0.2) is 4.59 Å². The summed E-state index contributed by atoms with van der Waals surface area (Å²) in [5.41, 5.74) is 10.2. The van der Waals surface area contributed by atoms with Gasteiger partial charge in [0.2, 0.25) is 5.96 Å². The Morgan fingerprint density at radius 1 is 1.25 bits per heavy atom. The predicted molar refractivity (Wildman–Crippen MR) is 33.8 cm³/mol. The van der Waals surface area contributed by atoms with Gasteiger partial charge in [-0.15, -0.1) is 0 Å². The highest BCUT2D eigenvalue weighted by molar-refractivity contribution is 5.74. The molecule has 0 rings (SSSR count). The van der Waals surface area contributed by atoms with E-state index in [0.717, 1.165) is 0 Å². The van der Waals surface area contributed by atoms with Gasteiger partial charge in [-0.1, -0.05) is 0 Å². The van der Waals surface area contributed by atoms with E-state index in [1.165, 1.54) is 0 Å². The molecule has 0 aliphatic rings. The molecule has 0 unspecified atom stereocenters. The maximum atomic E-state index is 5.09. The average molecular weight is 117 g/mol. The summed E-state index contributed by atoms with van der Waals surface area (Å²) >= 11 is 0. The van der Waals surface area contributed by atoms with Crippen LogP contribution in [0.15, 0.2) is 5.10 Å². The zero-order chi connectivity index (χ0) is 6.78. The van der Waals surface area contributed by atoms with Crippen LogP contribution in [0.3, 0.4) is 0 Å². The molecule has 4 nitrogen and oxygen atoms in total. The van der Waals surface area contributed by atoms with Gasteiger partial charge in [-0.05, 0) is 5.10 Å². The lowest BCUT2D eigenvalue weighted by Crippen LogP contribution is -2.35. The van der Waals surface area contributed by atoms with Gasteiger partial charge in [-0.2, -0.15) is 0 Å². The molecule has 4 N–H and O–H groups in total. The Kier molecular flexibility index (Phi) is 1.81. The number of hydrogen-bond acceptors (Lipinski definition) is 1. The molecule has 8 heavy (non-hydrogen) atoms. The van der Waals surface area contributed by atoms with Crippen molar-refractivity contribution in [1.29, 1.82) is 0 Å². The van der Waals surface area contributed by atoms with Crippen molar-refractivity contribution in [1.82, 2.24) is 0 Å². The fraction of sp³-hybridized carbons (Fsp3) is 0.750. The van der Waals surface area contributed by atoms with Gasteiger partial charge in [0.15, 0.2) is 0 Å². The van der Waals surface area contributed by atoms with E-state index in [0.29, 0.717) is 4.59 Å². The Morgan fingerprint density at radius 3 is 1.62 bits per heavy atom. The molecule has 0 saturated carbocycles. The topological polar surface area (TPSA) is 64.4 Å². The normalized spacial score (nSPS) is 10.9. The van der Waals surface area contributed by atoms with Crippen molar-refractivity contribution in [3.8, 4) is 0 Å². The number of nitrogens with zero attached hydrogens (tertiary/aromatic N) is 2. The van der Waals surface area contributed by atoms with Crippen LogP contribution in [-0.2, 0) is 0 Å². The summed E-state index contributed by atoms with van der Waals surface area (Å²) < 4.78 is 0.419. The molecule has 4 heteroatoms. The first-order chi connectivity index (χ1) is 3.42. The molecule has 0 saturated heterocycles. The van der Waals surface area contributed by atoms with Crippen LogP contribution in [0, 0.1) is 0 Å². The maximum Gasteiger partial charge on any atom is 0.244 e. The van der Waals surface area contributed by atoms with Crippen LogP contribution in [0.2, 0.25) is 0 Å². The summed E-state index contributed by atoms with van der Waals surface area (Å²) in [6.45, 7) is 0. The second-order valence-electron chi connectivity index (χ2n) is 2.47. The quantitative estimate of drug-likeness (QED) is 0.198. The van der Waals surface area contributed by atoms with Gasteiger partial charge in [0.25, 0.3) is 0 Å². The fourth-order valence-electron chi connectivity index (χ4n) is 0.346. The first-order valence-corrected chi connectivity index (χ1v) is 2.34. The molecule has 0 atom stereocenters. The number of guanidine groups is 1. The molecule has 0 amide bonds. The van der Waals surface area contributed by atoms with Crippen LogP contribution < -0.4 is 11.5 Å². The largest absolute Gasteiger partial charge is 0.366 e. The lowest BCUT2D eigenvalue weighted by molar-refractivity contribution is -0.877. The van der Waals surface area contributed by atoms with Crippen LogP contribution in [0.1, 0.15) is 0 Å². The monoisotopic (exact) mass is 117 g/mol. The highest BCUT2D eigenvalue weighted by atomic mass is 15.6. The first-order valence-electron chi connectivity index (χ1n) is 2.34. The van der Waals surface area contributed by atoms with Crippen LogP contribution in [0.25, 0.3) is 0 Å². The third-order valence-electron chi connectivity index (χ3n) is 0.415. The Morgan fingerprint density at radius 2 is 1.62 bits per heavy atom. The minimum Gasteiger partial charge on any atom is -0.366 e. The van der Waals surface area contributed by atoms with Crippen molar-refractivity contribution in [2.45, 2.75) is 0 Å². The van der Waals surface area contributed by atoms with E-state index >= 15 is 0 Å². The van der Waals surface area contributed by atoms with E-state index in [2.05, 4.69) is 5.10 Å². The number of nitrogens with two attached hydrogens (primary N) is 2. The zero-order valence-corrected chi connectivity index (χ0v) is 5.55. The van der Waals surface area contributed by atoms with Gasteiger partial charge in [0.1, 0.15) is 0 Å². The van der Waals surface area contributed by atoms with Crippen molar-refractivity contribution in [2.75, 3.05) is 21.1 Å². The molecule has 48 valence electrons. The molecule has 0 spiro atoms. The van der Waals surface area contributed by atoms with Gasteiger partial charge >= 0.3 is 0 Å². The second-order valence-corrected chi connectivity index (χ2v) is 2.47. The van der Waals surface area contributed by atoms with E-state index in [-0.39, 0.29) is 5.96 Å². The van der Waals surface area contributed by atoms with Gasteiger partial charge in [0, 0.05) is 0 Å². The molecular weight excluding hydrogens is 104 g/mol. The maximum absolute atomic E-state index is 5.09. The number of rotatable bonds is 1. The lowest BCUT2D eigenvalue weighted by Gasteiger charge is -2.14. The standard InChI is InChI=1S/C4H13N4/c1-8(2,3)7-4(5)6/h1-3H3,(H4,5,6,7)/q+1. The summed E-state index contributed by atoms with van der Waals surface area (Å²) in [7, 11) is 5.62. The minimum absolute atomic E-state index is 0.123. The fourth-order valence-corrected chi connectivity index (χ4v) is 0.346. The molecule has 0 aromatic rings. The molecule has 0 heterocycles. The minimum atomic E-state index is 0.123. The van der Waals surface area contributed by atoms with E-state index < -0.39 is 0 Å². The van der Waals surface area contributed by atoms with Crippen LogP contribution in [0.4, 0.5) is 0 Å². The average Bonchev–Trinajstić information content (AvgIpc) is 1.21. The molecule has 0 aliphatic heterocycles. The Labute approximate surface area is 49.3 Å². The van der Waals surface area contributed by atoms with E-state index in [9.17, 15) is 0 Å². The van der Waals surface area contributed by atoms with Crippen molar-refractivity contribution in [3.63, 3.8) is 0 Å². The van der Waals surface area contributed by atoms with Crippen LogP contribution in [0.5, 0.6) is 0 Å². The predicted octanol–water partition coefficient (Wildman–Crippen LogP) is -1.12. The SMILES string of the molecule is C[N+](C)(C)N=C(N)N. The summed E-state index contributed by atoms with van der Waals surface area (Å²) in [4.78, 5) is 0. The number of hydrogen-bond donors (Lipinski definition) is 2. The zero-order valence-electron chi connectivity index (χ0n) is 5.55. The lowest BCUT2D eigenvalue weighted by atomic mass is 10.9. The third kappa shape index (κ3) is 5.23. The van der Waals surface area contributed by atoms with Gasteiger partial charge in [0.05, 0.1) is 21.1 Å². The third-order valence-corrected chi connectivity index (χ3v) is 0.415. The summed E-state index contributed by atoms with van der Waals surface area (Å²) in [6, 6.07) is 0. The van der Waals surface area contributed by atoms with Crippen molar-refractivity contribution < 1.29 is 4.59 Å². The summed E-state index contributed by atoms with van der Waals surface area (Å²) in [5, 5.41) is 3.82.